The first-order valence-electron chi connectivity index (χ1n) is 9.05. The minimum atomic E-state index is -0.265. The lowest BCUT2D eigenvalue weighted by Crippen LogP contribution is -2.27. The van der Waals surface area contributed by atoms with Crippen molar-refractivity contribution in [2.45, 2.75) is 57.1 Å². The number of hydrogen-bond acceptors (Lipinski definition) is 4. The van der Waals surface area contributed by atoms with Gasteiger partial charge in [-0.2, -0.15) is 5.10 Å². The van der Waals surface area contributed by atoms with Crippen molar-refractivity contribution in [2.24, 2.45) is 5.92 Å². The Morgan fingerprint density at radius 3 is 2.88 bits per heavy atom. The van der Waals surface area contributed by atoms with Gasteiger partial charge in [0.05, 0.1) is 6.10 Å². The molecule has 0 saturated heterocycles. The molecule has 1 heterocycles. The Balaban J connectivity index is 1.29. The summed E-state index contributed by atoms with van der Waals surface area (Å²) >= 11 is 0. The van der Waals surface area contributed by atoms with Crippen molar-refractivity contribution < 1.29 is 5.11 Å². The fourth-order valence-corrected chi connectivity index (χ4v) is 3.85. The van der Waals surface area contributed by atoms with Gasteiger partial charge >= 0.3 is 0 Å². The van der Waals surface area contributed by atoms with Crippen molar-refractivity contribution in [1.82, 2.24) is 20.5 Å². The number of rotatable bonds is 6. The Morgan fingerprint density at radius 2 is 2.12 bits per heavy atom. The molecule has 5 nitrogen and oxygen atoms in total. The monoisotopic (exact) mass is 326 g/mol. The maximum Gasteiger partial charge on any atom is 0.153 e. The number of nitrogens with zero attached hydrogens (tertiary/aromatic N) is 2. The number of nitrogens with one attached hydrogen (secondary N) is 2. The number of aryl methyl sites for hydroxylation is 1. The summed E-state index contributed by atoms with van der Waals surface area (Å²) in [6.45, 7) is 3.62. The van der Waals surface area contributed by atoms with Gasteiger partial charge in [-0.25, -0.2) is 4.98 Å². The first-order chi connectivity index (χ1) is 11.7. The van der Waals surface area contributed by atoms with Gasteiger partial charge in [0.15, 0.2) is 5.82 Å². The van der Waals surface area contributed by atoms with E-state index in [0.717, 1.165) is 43.5 Å². The van der Waals surface area contributed by atoms with E-state index in [9.17, 15) is 5.11 Å². The minimum absolute atomic E-state index is 0.265. The molecule has 2 aromatic rings. The summed E-state index contributed by atoms with van der Waals surface area (Å²) in [5, 5.41) is 21.0. The summed E-state index contributed by atoms with van der Waals surface area (Å²) < 4.78 is 0. The molecule has 2 fully saturated rings. The van der Waals surface area contributed by atoms with Gasteiger partial charge in [0, 0.05) is 19.0 Å². The Hall–Kier alpha value is -1.72. The molecule has 2 aliphatic carbocycles. The molecule has 4 rings (SSSR count). The number of aliphatic hydroxyl groups is 1. The maximum atomic E-state index is 10.3. The molecule has 0 spiro atoms. The summed E-state index contributed by atoms with van der Waals surface area (Å²) in [5.74, 6) is 3.05. The van der Waals surface area contributed by atoms with E-state index in [-0.39, 0.29) is 17.9 Å². The molecular weight excluding hydrogens is 300 g/mol. The van der Waals surface area contributed by atoms with Crippen molar-refractivity contribution in [3.8, 4) is 0 Å². The zero-order chi connectivity index (χ0) is 16.5. The van der Waals surface area contributed by atoms with Crippen LogP contribution in [-0.4, -0.2) is 32.9 Å². The Morgan fingerprint density at radius 1 is 1.25 bits per heavy atom. The summed E-state index contributed by atoms with van der Waals surface area (Å²) in [5.41, 5.74) is 2.82. The standard InChI is InChI=1S/C19H26N4O/c1-12-21-19(23-22-12)16-8-17(18(24)9-16)11-20-10-13-3-2-4-15(7-13)14-5-6-14/h2-4,7,14,16-18,20,24H,5-6,8-11H2,1H3,(H,21,22,23)/t16?,17-,18-/m1/s1. The maximum absolute atomic E-state index is 10.3. The van der Waals surface area contributed by atoms with Crippen LogP contribution in [0.3, 0.4) is 0 Å². The van der Waals surface area contributed by atoms with Crippen LogP contribution < -0.4 is 5.32 Å². The quantitative estimate of drug-likeness (QED) is 0.763. The number of benzene rings is 1. The molecule has 1 unspecified atom stereocenters. The molecule has 3 N–H and O–H groups in total. The van der Waals surface area contributed by atoms with Crippen LogP contribution in [0.1, 0.15) is 60.3 Å². The highest BCUT2D eigenvalue weighted by Crippen LogP contribution is 2.40. The fraction of sp³-hybridized carbons (Fsp3) is 0.579. The Kier molecular flexibility index (Phi) is 4.37. The van der Waals surface area contributed by atoms with Crippen LogP contribution in [0.2, 0.25) is 0 Å². The van der Waals surface area contributed by atoms with E-state index in [1.54, 1.807) is 0 Å². The predicted octanol–water partition coefficient (Wildman–Crippen LogP) is 2.63. The number of aromatic amines is 1. The number of hydrogen-bond donors (Lipinski definition) is 3. The van der Waals surface area contributed by atoms with Gasteiger partial charge in [-0.1, -0.05) is 24.3 Å². The molecule has 2 saturated carbocycles. The van der Waals surface area contributed by atoms with Crippen LogP contribution in [-0.2, 0) is 6.54 Å². The van der Waals surface area contributed by atoms with Crippen molar-refractivity contribution >= 4 is 0 Å². The molecule has 3 atom stereocenters. The van der Waals surface area contributed by atoms with Gasteiger partial charge in [-0.3, -0.25) is 5.10 Å². The number of H-pyrrole nitrogens is 1. The number of aromatic nitrogens is 3. The van der Waals surface area contributed by atoms with Crippen LogP contribution in [0.5, 0.6) is 0 Å². The normalized spacial score (nSPS) is 26.8. The van der Waals surface area contributed by atoms with Gasteiger partial charge in [-0.15, -0.1) is 0 Å². The second-order valence-electron chi connectivity index (χ2n) is 7.42. The Bertz CT molecular complexity index is 694. The van der Waals surface area contributed by atoms with Crippen molar-refractivity contribution in [2.75, 3.05) is 6.54 Å². The largest absolute Gasteiger partial charge is 0.393 e. The smallest absolute Gasteiger partial charge is 0.153 e. The molecule has 2 aliphatic rings. The summed E-state index contributed by atoms with van der Waals surface area (Å²) in [4.78, 5) is 4.42. The third kappa shape index (κ3) is 3.52. The Labute approximate surface area is 142 Å². The fourth-order valence-electron chi connectivity index (χ4n) is 3.85. The zero-order valence-electron chi connectivity index (χ0n) is 14.2. The first-order valence-corrected chi connectivity index (χ1v) is 9.05. The average molecular weight is 326 g/mol. The highest BCUT2D eigenvalue weighted by Gasteiger charge is 2.35. The zero-order valence-corrected chi connectivity index (χ0v) is 14.2. The van der Waals surface area contributed by atoms with E-state index >= 15 is 0 Å². The van der Waals surface area contributed by atoms with Gasteiger partial charge in [0.25, 0.3) is 0 Å². The second-order valence-corrected chi connectivity index (χ2v) is 7.42. The van der Waals surface area contributed by atoms with Crippen LogP contribution >= 0.6 is 0 Å². The molecular formula is C19H26N4O. The van der Waals surface area contributed by atoms with Crippen molar-refractivity contribution in [3.63, 3.8) is 0 Å². The van der Waals surface area contributed by atoms with Crippen molar-refractivity contribution in [1.29, 1.82) is 0 Å². The molecule has 1 aromatic carbocycles. The molecule has 1 aromatic heterocycles. The van der Waals surface area contributed by atoms with E-state index in [0.29, 0.717) is 0 Å². The van der Waals surface area contributed by atoms with E-state index < -0.39 is 0 Å². The molecule has 128 valence electrons. The van der Waals surface area contributed by atoms with Crippen LogP contribution in [0.15, 0.2) is 24.3 Å². The lowest BCUT2D eigenvalue weighted by Gasteiger charge is -2.15. The van der Waals surface area contributed by atoms with Gasteiger partial charge in [0.1, 0.15) is 5.82 Å². The molecule has 0 bridgehead atoms. The molecule has 0 aliphatic heterocycles. The number of aliphatic hydroxyl groups excluding tert-OH is 1. The lowest BCUT2D eigenvalue weighted by atomic mass is 10.0. The van der Waals surface area contributed by atoms with Crippen LogP contribution in [0.25, 0.3) is 0 Å². The third-order valence-corrected chi connectivity index (χ3v) is 5.37. The van der Waals surface area contributed by atoms with E-state index in [1.165, 1.54) is 24.0 Å². The first kappa shape index (κ1) is 15.8. The molecule has 0 amide bonds. The lowest BCUT2D eigenvalue weighted by molar-refractivity contribution is 0.131. The van der Waals surface area contributed by atoms with Gasteiger partial charge in [0.2, 0.25) is 0 Å². The summed E-state index contributed by atoms with van der Waals surface area (Å²) in [6.07, 6.45) is 4.13. The van der Waals surface area contributed by atoms with Crippen molar-refractivity contribution in [3.05, 3.63) is 47.0 Å². The summed E-state index contributed by atoms with van der Waals surface area (Å²) in [6, 6.07) is 8.92. The molecule has 5 heteroatoms. The van der Waals surface area contributed by atoms with E-state index in [4.69, 9.17) is 0 Å². The van der Waals surface area contributed by atoms with E-state index in [2.05, 4.69) is 44.8 Å². The minimum Gasteiger partial charge on any atom is -0.393 e. The SMILES string of the molecule is Cc1nc(C2C[C@H](CNCc3cccc(C4CC4)c3)[C@H](O)C2)n[nH]1. The highest BCUT2D eigenvalue weighted by molar-refractivity contribution is 5.29. The van der Waals surface area contributed by atoms with Gasteiger partial charge in [-0.05, 0) is 55.6 Å². The summed E-state index contributed by atoms with van der Waals surface area (Å²) in [7, 11) is 0. The molecule has 24 heavy (non-hydrogen) atoms. The second kappa shape index (κ2) is 6.65. The predicted molar refractivity (Wildman–Crippen MR) is 92.7 cm³/mol. The molecule has 0 radical (unpaired) electrons. The highest BCUT2D eigenvalue weighted by atomic mass is 16.3. The topological polar surface area (TPSA) is 73.8 Å². The van der Waals surface area contributed by atoms with Crippen LogP contribution in [0, 0.1) is 12.8 Å². The third-order valence-electron chi connectivity index (χ3n) is 5.37. The van der Waals surface area contributed by atoms with Gasteiger partial charge < -0.3 is 10.4 Å². The van der Waals surface area contributed by atoms with Crippen LogP contribution in [0.4, 0.5) is 0 Å². The van der Waals surface area contributed by atoms with E-state index in [1.807, 2.05) is 6.92 Å². The average Bonchev–Trinajstić information content (AvgIpc) is 3.25.